The number of carbonyl (C=O) groups excluding carboxylic acids is 1. The van der Waals surface area contributed by atoms with Crippen LogP contribution in [0.5, 0.6) is 0 Å². The van der Waals surface area contributed by atoms with Crippen LogP contribution in [0, 0.1) is 10.8 Å². The smallest absolute Gasteiger partial charge is 0.309 e. The minimum absolute atomic E-state index is 0.250. The van der Waals surface area contributed by atoms with Gasteiger partial charge in [-0.15, -0.1) is 0 Å². The first-order chi connectivity index (χ1) is 7.01. The molecule has 3 nitrogen and oxygen atoms in total. The lowest BCUT2D eigenvalue weighted by atomic mass is 9.91. The number of hydrogen-bond donors (Lipinski definition) is 1. The van der Waals surface area contributed by atoms with E-state index < -0.39 is 11.4 Å². The number of carbonyl (C=O) groups is 2. The monoisotopic (exact) mass is 250 g/mol. The molecule has 0 aromatic carbocycles. The summed E-state index contributed by atoms with van der Waals surface area (Å²) in [7, 11) is 0. The van der Waals surface area contributed by atoms with Gasteiger partial charge in [-0.2, -0.15) is 0 Å². The first kappa shape index (κ1) is 17.8. The molecule has 0 heterocycles. The Morgan fingerprint density at radius 3 is 1.31 bits per heavy atom. The van der Waals surface area contributed by atoms with E-state index in [2.05, 4.69) is 0 Å². The van der Waals surface area contributed by atoms with Crippen molar-refractivity contribution < 1.29 is 14.7 Å². The molecule has 0 radical (unpaired) electrons. The Hall–Kier alpha value is -0.570. The van der Waals surface area contributed by atoms with Gasteiger partial charge in [-0.25, -0.2) is 0 Å². The lowest BCUT2D eigenvalue weighted by Crippen LogP contribution is -2.21. The maximum Gasteiger partial charge on any atom is 0.309 e. The second kappa shape index (κ2) is 6.89. The van der Waals surface area contributed by atoms with Crippen molar-refractivity contribution in [1.29, 1.82) is 0 Å². The van der Waals surface area contributed by atoms with Crippen molar-refractivity contribution in [2.45, 2.75) is 54.4 Å². The van der Waals surface area contributed by atoms with E-state index in [1.54, 1.807) is 13.8 Å². The number of aliphatic carboxylic acids is 1. The van der Waals surface area contributed by atoms with Crippen LogP contribution in [0.2, 0.25) is 0 Å². The minimum Gasteiger partial charge on any atom is -0.481 e. The molecule has 0 unspecified atom stereocenters. The molecule has 4 heteroatoms. The molecule has 96 valence electrons. The molecule has 0 fully saturated rings. The molecular weight excluding hydrogens is 228 g/mol. The average Bonchev–Trinajstić information content (AvgIpc) is 2.18. The Balaban J connectivity index is 0. The Morgan fingerprint density at radius 1 is 1.00 bits per heavy atom. The number of hydrogen-bond acceptors (Lipinski definition) is 2. The topological polar surface area (TPSA) is 54.4 Å². The number of carboxylic acid groups (broad SMARTS) is 1. The second-order valence-corrected chi connectivity index (χ2v) is 5.40. The van der Waals surface area contributed by atoms with Crippen LogP contribution in [-0.2, 0) is 9.59 Å². The predicted octanol–water partition coefficient (Wildman–Crippen LogP) is 3.70. The van der Waals surface area contributed by atoms with Gasteiger partial charge in [-0.05, 0) is 38.3 Å². The van der Waals surface area contributed by atoms with Crippen LogP contribution in [0.4, 0.5) is 0 Å². The van der Waals surface area contributed by atoms with Gasteiger partial charge in [0.15, 0.2) is 0 Å². The van der Waals surface area contributed by atoms with Crippen molar-refractivity contribution >= 4 is 22.8 Å². The third kappa shape index (κ3) is 6.83. The summed E-state index contributed by atoms with van der Waals surface area (Å²) in [5.74, 6) is -0.722. The van der Waals surface area contributed by atoms with Crippen molar-refractivity contribution in [2.75, 3.05) is 0 Å². The largest absolute Gasteiger partial charge is 0.481 e. The third-order valence-corrected chi connectivity index (χ3v) is 3.39. The molecule has 0 spiro atoms. The molecule has 1 N–H and O–H groups in total. The molecule has 0 bridgehead atoms. The van der Waals surface area contributed by atoms with Crippen molar-refractivity contribution in [1.82, 2.24) is 0 Å². The van der Waals surface area contributed by atoms with Crippen LogP contribution in [0.1, 0.15) is 54.4 Å². The second-order valence-electron chi connectivity index (χ2n) is 5.05. The Kier molecular flexibility index (Phi) is 7.68. The maximum absolute atomic E-state index is 10.5. The highest BCUT2D eigenvalue weighted by Crippen LogP contribution is 2.22. The highest BCUT2D eigenvalue weighted by atomic mass is 35.5. The van der Waals surface area contributed by atoms with E-state index in [0.717, 1.165) is 6.42 Å². The lowest BCUT2D eigenvalue weighted by Gasteiger charge is -2.14. The van der Waals surface area contributed by atoms with Crippen molar-refractivity contribution in [2.24, 2.45) is 10.8 Å². The van der Waals surface area contributed by atoms with Gasteiger partial charge in [0.1, 0.15) is 0 Å². The molecule has 0 amide bonds. The van der Waals surface area contributed by atoms with Crippen LogP contribution in [0.3, 0.4) is 0 Å². The summed E-state index contributed by atoms with van der Waals surface area (Å²) in [5.41, 5.74) is -0.873. The van der Waals surface area contributed by atoms with Gasteiger partial charge in [0.25, 0.3) is 0 Å². The van der Waals surface area contributed by atoms with E-state index >= 15 is 0 Å². The van der Waals surface area contributed by atoms with Gasteiger partial charge in [0.2, 0.25) is 5.24 Å². The van der Waals surface area contributed by atoms with E-state index in [0.29, 0.717) is 6.42 Å². The molecule has 0 rings (SSSR count). The molecule has 0 saturated carbocycles. The summed E-state index contributed by atoms with van der Waals surface area (Å²) in [6.45, 7) is 10.9. The van der Waals surface area contributed by atoms with Crippen molar-refractivity contribution in [3.05, 3.63) is 0 Å². The summed E-state index contributed by atoms with van der Waals surface area (Å²) < 4.78 is 0. The van der Waals surface area contributed by atoms with Gasteiger partial charge >= 0.3 is 5.97 Å². The summed E-state index contributed by atoms with van der Waals surface area (Å²) in [5, 5.41) is 8.19. The van der Waals surface area contributed by atoms with Crippen LogP contribution in [0.25, 0.3) is 0 Å². The van der Waals surface area contributed by atoms with E-state index in [1.807, 2.05) is 27.7 Å². The Bertz CT molecular complexity index is 219. The van der Waals surface area contributed by atoms with E-state index in [-0.39, 0.29) is 10.7 Å². The molecule has 0 saturated heterocycles. The van der Waals surface area contributed by atoms with E-state index in [9.17, 15) is 9.59 Å². The quantitative estimate of drug-likeness (QED) is 0.774. The van der Waals surface area contributed by atoms with Crippen molar-refractivity contribution in [3.63, 3.8) is 0 Å². The van der Waals surface area contributed by atoms with Crippen LogP contribution < -0.4 is 0 Å². The van der Waals surface area contributed by atoms with Crippen LogP contribution in [-0.4, -0.2) is 16.3 Å². The first-order valence-corrected chi connectivity index (χ1v) is 5.82. The zero-order chi connectivity index (χ0) is 13.6. The fourth-order valence-electron chi connectivity index (χ4n) is 0.290. The number of halogens is 1. The summed E-state index contributed by atoms with van der Waals surface area (Å²) in [6.07, 6.45) is 1.48. The fourth-order valence-corrected chi connectivity index (χ4v) is 0.424. The van der Waals surface area contributed by atoms with Crippen molar-refractivity contribution in [3.8, 4) is 0 Å². The zero-order valence-electron chi connectivity index (χ0n) is 11.1. The maximum atomic E-state index is 10.5. The predicted molar refractivity (Wildman–Crippen MR) is 66.6 cm³/mol. The SMILES string of the molecule is CCC(C)(C)C(=O)Cl.CCC(C)(C)C(=O)O. The highest BCUT2D eigenvalue weighted by Gasteiger charge is 2.23. The lowest BCUT2D eigenvalue weighted by molar-refractivity contribution is -0.147. The summed E-state index contributed by atoms with van der Waals surface area (Å²) in [6, 6.07) is 0. The number of carboxylic acids is 1. The minimum atomic E-state index is -0.722. The highest BCUT2D eigenvalue weighted by molar-refractivity contribution is 6.64. The van der Waals surface area contributed by atoms with Crippen LogP contribution >= 0.6 is 11.6 Å². The standard InChI is InChI=1S/C6H11ClO.C6H12O2/c2*1-4-6(2,3)5(7)8/h4H2,1-3H3;4H2,1-3H3,(H,7,8). The molecule has 0 aliphatic rings. The molecule has 0 aliphatic heterocycles. The molecule has 0 aromatic heterocycles. The van der Waals surface area contributed by atoms with Gasteiger partial charge in [0, 0.05) is 5.41 Å². The van der Waals surface area contributed by atoms with Gasteiger partial charge < -0.3 is 5.11 Å². The number of rotatable bonds is 4. The summed E-state index contributed by atoms with van der Waals surface area (Å²) in [4.78, 5) is 20.7. The van der Waals surface area contributed by atoms with E-state index in [1.165, 1.54) is 0 Å². The first-order valence-electron chi connectivity index (χ1n) is 5.44. The Morgan fingerprint density at radius 2 is 1.31 bits per heavy atom. The average molecular weight is 251 g/mol. The summed E-state index contributed by atoms with van der Waals surface area (Å²) >= 11 is 5.23. The van der Waals surface area contributed by atoms with Crippen LogP contribution in [0.15, 0.2) is 0 Å². The Labute approximate surface area is 103 Å². The zero-order valence-corrected chi connectivity index (χ0v) is 11.8. The molecule has 0 aliphatic carbocycles. The van der Waals surface area contributed by atoms with Gasteiger partial charge in [-0.3, -0.25) is 9.59 Å². The molecule has 0 atom stereocenters. The molecule has 16 heavy (non-hydrogen) atoms. The fraction of sp³-hybridized carbons (Fsp3) is 0.833. The van der Waals surface area contributed by atoms with Gasteiger partial charge in [-0.1, -0.05) is 27.7 Å². The van der Waals surface area contributed by atoms with E-state index in [4.69, 9.17) is 16.7 Å². The molecular formula is C12H23ClO3. The third-order valence-electron chi connectivity index (χ3n) is 2.88. The molecule has 0 aromatic rings. The normalized spacial score (nSPS) is 11.4. The van der Waals surface area contributed by atoms with Gasteiger partial charge in [0.05, 0.1) is 5.41 Å².